The van der Waals surface area contributed by atoms with E-state index in [1.54, 1.807) is 36.4 Å². The summed E-state index contributed by atoms with van der Waals surface area (Å²) in [6.45, 7) is 1.27. The summed E-state index contributed by atoms with van der Waals surface area (Å²) < 4.78 is 23.0. The second-order valence-electron chi connectivity index (χ2n) is 9.69. The van der Waals surface area contributed by atoms with Crippen LogP contribution in [0.25, 0.3) is 0 Å². The van der Waals surface area contributed by atoms with Crippen molar-refractivity contribution in [2.24, 2.45) is 11.8 Å². The SMILES string of the molecule is O=C(C=C/C=C\CC[C@@H]1[C@@H](CCC2(COc3ccccc3)OCCO2)[C@H](O)C[C@@H]1O)Oc1ccc(Cl)cc1. The van der Waals surface area contributed by atoms with Crippen LogP contribution in [0.3, 0.4) is 0 Å². The van der Waals surface area contributed by atoms with Gasteiger partial charge in [-0.1, -0.05) is 48.0 Å². The molecule has 2 aromatic carbocycles. The zero-order valence-electron chi connectivity index (χ0n) is 21.3. The van der Waals surface area contributed by atoms with Gasteiger partial charge in [0.1, 0.15) is 18.1 Å². The van der Waals surface area contributed by atoms with E-state index in [1.165, 1.54) is 6.08 Å². The molecular weight excluding hydrogens is 508 g/mol. The molecule has 8 heteroatoms. The minimum Gasteiger partial charge on any atom is -0.488 e. The van der Waals surface area contributed by atoms with Crippen molar-refractivity contribution in [1.82, 2.24) is 0 Å². The topological polar surface area (TPSA) is 94.5 Å². The monoisotopic (exact) mass is 542 g/mol. The number of aliphatic hydroxyl groups is 2. The predicted octanol–water partition coefficient (Wildman–Crippen LogP) is 5.10. The van der Waals surface area contributed by atoms with Gasteiger partial charge < -0.3 is 29.2 Å². The average Bonchev–Trinajstić information content (AvgIpc) is 3.49. The van der Waals surface area contributed by atoms with E-state index in [4.69, 9.17) is 30.5 Å². The molecule has 4 rings (SSSR count). The Morgan fingerprint density at radius 3 is 2.34 bits per heavy atom. The maximum Gasteiger partial charge on any atom is 0.336 e. The van der Waals surface area contributed by atoms with E-state index < -0.39 is 24.0 Å². The van der Waals surface area contributed by atoms with Crippen molar-refractivity contribution < 1.29 is 34.0 Å². The standard InChI is InChI=1S/C30H35ClO7/c31-22-12-14-24(15-13-22)38-29(34)11-7-2-1-6-10-25-26(28(33)20-27(25)32)16-17-30(36-18-19-37-30)21-35-23-8-4-3-5-9-23/h1-5,7-9,11-15,25-28,32-33H,6,10,16-21H2/b2-1-,11-7?/t25-,26-,27+,28-/m1/s1. The highest BCUT2D eigenvalue weighted by atomic mass is 35.5. The van der Waals surface area contributed by atoms with Gasteiger partial charge in [0, 0.05) is 17.5 Å². The Morgan fingerprint density at radius 2 is 1.63 bits per heavy atom. The Bertz CT molecular complexity index is 1060. The third-order valence-electron chi connectivity index (χ3n) is 7.07. The summed E-state index contributed by atoms with van der Waals surface area (Å²) in [4.78, 5) is 11.9. The van der Waals surface area contributed by atoms with Gasteiger partial charge in [-0.2, -0.15) is 0 Å². The van der Waals surface area contributed by atoms with Crippen molar-refractivity contribution >= 4 is 17.6 Å². The summed E-state index contributed by atoms with van der Waals surface area (Å²) in [5.74, 6) is -0.257. The quantitative estimate of drug-likeness (QED) is 0.167. The molecule has 204 valence electrons. The van der Waals surface area contributed by atoms with E-state index in [-0.39, 0.29) is 18.4 Å². The lowest BCUT2D eigenvalue weighted by Crippen LogP contribution is -2.38. The van der Waals surface area contributed by atoms with Crippen LogP contribution < -0.4 is 9.47 Å². The number of rotatable bonds is 12. The average molecular weight is 543 g/mol. The summed E-state index contributed by atoms with van der Waals surface area (Å²) in [6, 6.07) is 16.1. The maximum atomic E-state index is 11.9. The van der Waals surface area contributed by atoms with E-state index in [2.05, 4.69) is 0 Å². The van der Waals surface area contributed by atoms with E-state index in [9.17, 15) is 15.0 Å². The number of hydrogen-bond acceptors (Lipinski definition) is 7. The fourth-order valence-corrected chi connectivity index (χ4v) is 5.25. The fraction of sp³-hybridized carbons (Fsp3) is 0.433. The van der Waals surface area contributed by atoms with Crippen molar-refractivity contribution in [2.75, 3.05) is 19.8 Å². The number of carbonyl (C=O) groups excluding carboxylic acids is 1. The van der Waals surface area contributed by atoms with Crippen molar-refractivity contribution in [3.63, 3.8) is 0 Å². The Hall–Kier alpha value is -2.68. The molecule has 0 amide bonds. The maximum absolute atomic E-state index is 11.9. The Balaban J connectivity index is 1.24. The van der Waals surface area contributed by atoms with Crippen LogP contribution in [-0.4, -0.2) is 54.0 Å². The van der Waals surface area contributed by atoms with Crippen molar-refractivity contribution in [2.45, 2.75) is 50.1 Å². The molecule has 0 unspecified atom stereocenters. The Morgan fingerprint density at radius 1 is 0.947 bits per heavy atom. The first-order valence-corrected chi connectivity index (χ1v) is 13.4. The molecule has 38 heavy (non-hydrogen) atoms. The first-order valence-electron chi connectivity index (χ1n) is 13.1. The van der Waals surface area contributed by atoms with E-state index in [0.29, 0.717) is 49.7 Å². The number of benzene rings is 2. The zero-order chi connectivity index (χ0) is 26.8. The van der Waals surface area contributed by atoms with E-state index in [0.717, 1.165) is 12.2 Å². The van der Waals surface area contributed by atoms with Gasteiger partial charge in [-0.05, 0) is 73.9 Å². The predicted molar refractivity (Wildman–Crippen MR) is 144 cm³/mol. The number of halogens is 1. The second-order valence-corrected chi connectivity index (χ2v) is 10.1. The molecule has 1 saturated heterocycles. The van der Waals surface area contributed by atoms with E-state index >= 15 is 0 Å². The number of ether oxygens (including phenoxy) is 4. The van der Waals surface area contributed by atoms with Crippen molar-refractivity contribution in [3.05, 3.63) is 83.9 Å². The molecule has 0 spiro atoms. The molecule has 7 nitrogen and oxygen atoms in total. The van der Waals surface area contributed by atoms with Gasteiger partial charge in [0.2, 0.25) is 5.79 Å². The van der Waals surface area contributed by atoms with Crippen LogP contribution in [0, 0.1) is 11.8 Å². The third kappa shape index (κ3) is 8.16. The minimum atomic E-state index is -0.848. The molecule has 2 aromatic rings. The lowest BCUT2D eigenvalue weighted by molar-refractivity contribution is -0.185. The Labute approximate surface area is 228 Å². The van der Waals surface area contributed by atoms with Gasteiger partial charge >= 0.3 is 5.97 Å². The number of carbonyl (C=O) groups is 1. The van der Waals surface area contributed by atoms with Gasteiger partial charge in [0.05, 0.1) is 25.4 Å². The largest absolute Gasteiger partial charge is 0.488 e. The number of hydrogen-bond donors (Lipinski definition) is 2. The molecular formula is C30H35ClO7. The van der Waals surface area contributed by atoms with Gasteiger partial charge in [-0.15, -0.1) is 0 Å². The van der Waals surface area contributed by atoms with Gasteiger partial charge in [-0.3, -0.25) is 0 Å². The molecule has 0 bridgehead atoms. The number of aliphatic hydroxyl groups excluding tert-OH is 2. The lowest BCUT2D eigenvalue weighted by atomic mass is 9.85. The molecule has 0 aromatic heterocycles. The molecule has 1 aliphatic carbocycles. The summed E-state index contributed by atoms with van der Waals surface area (Å²) in [5, 5.41) is 21.9. The van der Waals surface area contributed by atoms with Crippen LogP contribution in [0.4, 0.5) is 0 Å². The molecule has 2 aliphatic rings. The normalized spacial score (nSPS) is 24.8. The van der Waals surface area contributed by atoms with Crippen LogP contribution in [0.15, 0.2) is 78.9 Å². The van der Waals surface area contributed by atoms with Gasteiger partial charge in [0.25, 0.3) is 0 Å². The minimum absolute atomic E-state index is 0.0398. The number of allylic oxidation sites excluding steroid dienone is 3. The molecule has 1 aliphatic heterocycles. The number of para-hydroxylation sites is 1. The smallest absolute Gasteiger partial charge is 0.336 e. The molecule has 4 atom stereocenters. The summed E-state index contributed by atoms with van der Waals surface area (Å²) >= 11 is 5.83. The Kier molecular flexibility index (Phi) is 10.4. The highest BCUT2D eigenvalue weighted by Crippen LogP contribution is 2.41. The molecule has 2 fully saturated rings. The zero-order valence-corrected chi connectivity index (χ0v) is 22.0. The first-order chi connectivity index (χ1) is 18.4. The van der Waals surface area contributed by atoms with Crippen LogP contribution in [-0.2, 0) is 14.3 Å². The van der Waals surface area contributed by atoms with Crippen molar-refractivity contribution in [1.29, 1.82) is 0 Å². The molecule has 0 radical (unpaired) electrons. The molecule has 1 saturated carbocycles. The second kappa shape index (κ2) is 13.9. The lowest BCUT2D eigenvalue weighted by Gasteiger charge is -2.30. The van der Waals surface area contributed by atoms with Crippen LogP contribution in [0.2, 0.25) is 5.02 Å². The summed E-state index contributed by atoms with van der Waals surface area (Å²) in [5.41, 5.74) is 0. The van der Waals surface area contributed by atoms with Crippen molar-refractivity contribution in [3.8, 4) is 11.5 Å². The summed E-state index contributed by atoms with van der Waals surface area (Å²) in [7, 11) is 0. The van der Waals surface area contributed by atoms with E-state index in [1.807, 2.05) is 36.4 Å². The van der Waals surface area contributed by atoms with Crippen LogP contribution in [0.1, 0.15) is 32.1 Å². The van der Waals surface area contributed by atoms with Crippen LogP contribution >= 0.6 is 11.6 Å². The third-order valence-corrected chi connectivity index (χ3v) is 7.33. The highest BCUT2D eigenvalue weighted by Gasteiger charge is 2.44. The van der Waals surface area contributed by atoms with Crippen LogP contribution in [0.5, 0.6) is 11.5 Å². The number of esters is 1. The van der Waals surface area contributed by atoms with Gasteiger partial charge in [0.15, 0.2) is 0 Å². The summed E-state index contributed by atoms with van der Waals surface area (Å²) in [6.07, 6.45) is 8.58. The fourth-order valence-electron chi connectivity index (χ4n) is 5.12. The highest BCUT2D eigenvalue weighted by molar-refractivity contribution is 6.30. The van der Waals surface area contributed by atoms with Gasteiger partial charge in [-0.25, -0.2) is 4.79 Å². The molecule has 2 N–H and O–H groups in total. The molecule has 1 heterocycles. The first kappa shape index (κ1) is 28.3.